The van der Waals surface area contributed by atoms with E-state index >= 15 is 0 Å². The van der Waals surface area contributed by atoms with Crippen LogP contribution in [0.5, 0.6) is 0 Å². The molecule has 106 valence electrons. The maximum Gasteiger partial charge on any atom is 0.295 e. The third-order valence-corrected chi connectivity index (χ3v) is 3.47. The number of H-pyrrole nitrogens is 1. The SMILES string of the molecule is CC(C)(C)c1nc(C(=O)Nc2ccc(F)cc2I)n[nH]1. The second-order valence-electron chi connectivity index (χ2n) is 5.34. The average molecular weight is 388 g/mol. The minimum atomic E-state index is -0.429. The molecule has 0 fully saturated rings. The molecule has 0 radical (unpaired) electrons. The van der Waals surface area contributed by atoms with Crippen molar-refractivity contribution in [2.24, 2.45) is 0 Å². The van der Waals surface area contributed by atoms with E-state index in [1.54, 1.807) is 0 Å². The lowest BCUT2D eigenvalue weighted by molar-refractivity contribution is 0.101. The van der Waals surface area contributed by atoms with Gasteiger partial charge in [-0.2, -0.15) is 0 Å². The molecule has 0 atom stereocenters. The fourth-order valence-corrected chi connectivity index (χ4v) is 2.08. The summed E-state index contributed by atoms with van der Waals surface area (Å²) in [6.45, 7) is 5.91. The molecule has 2 rings (SSSR count). The monoisotopic (exact) mass is 388 g/mol. The van der Waals surface area contributed by atoms with Gasteiger partial charge in [0.05, 0.1) is 5.69 Å². The van der Waals surface area contributed by atoms with Gasteiger partial charge in [0.1, 0.15) is 11.6 Å². The number of carbonyl (C=O) groups is 1. The molecule has 0 spiro atoms. The number of carbonyl (C=O) groups excluding carboxylic acids is 1. The molecule has 0 saturated heterocycles. The van der Waals surface area contributed by atoms with Crippen LogP contribution in [0.25, 0.3) is 0 Å². The first kappa shape index (κ1) is 14.9. The van der Waals surface area contributed by atoms with E-state index in [1.807, 2.05) is 43.4 Å². The maximum atomic E-state index is 13.0. The highest BCUT2D eigenvalue weighted by Crippen LogP contribution is 2.20. The minimum absolute atomic E-state index is 0.0649. The molecule has 0 aliphatic rings. The van der Waals surface area contributed by atoms with Gasteiger partial charge in [-0.3, -0.25) is 9.89 Å². The number of benzene rings is 1. The van der Waals surface area contributed by atoms with Crippen LogP contribution in [0.2, 0.25) is 0 Å². The third-order valence-electron chi connectivity index (χ3n) is 2.58. The zero-order valence-electron chi connectivity index (χ0n) is 11.3. The second kappa shape index (κ2) is 5.47. The molecule has 0 bridgehead atoms. The molecule has 20 heavy (non-hydrogen) atoms. The van der Waals surface area contributed by atoms with Gasteiger partial charge >= 0.3 is 0 Å². The first-order valence-electron chi connectivity index (χ1n) is 5.96. The van der Waals surface area contributed by atoms with Crippen LogP contribution < -0.4 is 5.32 Å². The Morgan fingerprint density at radius 2 is 2.10 bits per heavy atom. The van der Waals surface area contributed by atoms with Crippen molar-refractivity contribution >= 4 is 34.2 Å². The summed E-state index contributed by atoms with van der Waals surface area (Å²) in [4.78, 5) is 16.2. The fourth-order valence-electron chi connectivity index (χ4n) is 1.47. The summed E-state index contributed by atoms with van der Waals surface area (Å²) in [7, 11) is 0. The number of nitrogens with zero attached hydrogens (tertiary/aromatic N) is 2. The highest BCUT2D eigenvalue weighted by atomic mass is 127. The number of amides is 1. The van der Waals surface area contributed by atoms with Crippen molar-refractivity contribution in [2.45, 2.75) is 26.2 Å². The van der Waals surface area contributed by atoms with E-state index in [-0.39, 0.29) is 17.1 Å². The van der Waals surface area contributed by atoms with Gasteiger partial charge in [0.15, 0.2) is 0 Å². The van der Waals surface area contributed by atoms with E-state index < -0.39 is 5.91 Å². The summed E-state index contributed by atoms with van der Waals surface area (Å²) >= 11 is 1.95. The minimum Gasteiger partial charge on any atom is -0.318 e. The molecular formula is C13H14FIN4O. The van der Waals surface area contributed by atoms with E-state index in [2.05, 4.69) is 20.5 Å². The summed E-state index contributed by atoms with van der Waals surface area (Å²) in [5.74, 6) is -0.0758. The molecule has 0 unspecified atom stereocenters. The van der Waals surface area contributed by atoms with Crippen LogP contribution in [-0.4, -0.2) is 21.1 Å². The van der Waals surface area contributed by atoms with E-state index in [0.29, 0.717) is 15.1 Å². The quantitative estimate of drug-likeness (QED) is 0.777. The Labute approximate surface area is 129 Å². The van der Waals surface area contributed by atoms with Gasteiger partial charge in [0.2, 0.25) is 5.82 Å². The smallest absolute Gasteiger partial charge is 0.295 e. The van der Waals surface area contributed by atoms with Crippen LogP contribution in [0.1, 0.15) is 37.2 Å². The molecule has 0 aliphatic heterocycles. The number of hydrogen-bond acceptors (Lipinski definition) is 3. The summed E-state index contributed by atoms with van der Waals surface area (Å²) in [6.07, 6.45) is 0. The van der Waals surface area contributed by atoms with Crippen LogP contribution in [-0.2, 0) is 5.41 Å². The van der Waals surface area contributed by atoms with Gasteiger partial charge in [0, 0.05) is 8.99 Å². The second-order valence-corrected chi connectivity index (χ2v) is 6.50. The number of halogens is 2. The van der Waals surface area contributed by atoms with Crippen molar-refractivity contribution in [1.29, 1.82) is 0 Å². The molecule has 0 aliphatic carbocycles. The van der Waals surface area contributed by atoms with Gasteiger partial charge < -0.3 is 5.32 Å². The Kier molecular flexibility index (Phi) is 4.07. The van der Waals surface area contributed by atoms with Gasteiger partial charge in [-0.05, 0) is 40.8 Å². The van der Waals surface area contributed by atoms with Crippen molar-refractivity contribution in [1.82, 2.24) is 15.2 Å². The summed E-state index contributed by atoms with van der Waals surface area (Å²) < 4.78 is 13.6. The molecular weight excluding hydrogens is 374 g/mol. The highest BCUT2D eigenvalue weighted by molar-refractivity contribution is 14.1. The molecule has 2 aromatic rings. The molecule has 2 N–H and O–H groups in total. The number of rotatable bonds is 2. The van der Waals surface area contributed by atoms with E-state index in [0.717, 1.165) is 0 Å². The van der Waals surface area contributed by atoms with Gasteiger partial charge in [-0.1, -0.05) is 20.8 Å². The zero-order valence-corrected chi connectivity index (χ0v) is 13.4. The fraction of sp³-hybridized carbons (Fsp3) is 0.308. The first-order valence-corrected chi connectivity index (χ1v) is 7.04. The maximum absolute atomic E-state index is 13.0. The Bertz CT molecular complexity index is 648. The zero-order chi connectivity index (χ0) is 14.9. The molecule has 1 aromatic heterocycles. The summed E-state index contributed by atoms with van der Waals surface area (Å²) in [5, 5.41) is 9.31. The topological polar surface area (TPSA) is 70.7 Å². The van der Waals surface area contributed by atoms with Crippen molar-refractivity contribution in [3.63, 3.8) is 0 Å². The molecule has 1 heterocycles. The van der Waals surface area contributed by atoms with Crippen molar-refractivity contribution in [3.05, 3.63) is 39.2 Å². The number of hydrogen-bond donors (Lipinski definition) is 2. The predicted molar refractivity (Wildman–Crippen MR) is 82.2 cm³/mol. The largest absolute Gasteiger partial charge is 0.318 e. The molecule has 7 heteroatoms. The van der Waals surface area contributed by atoms with E-state index in [9.17, 15) is 9.18 Å². The Morgan fingerprint density at radius 1 is 1.40 bits per heavy atom. The van der Waals surface area contributed by atoms with Crippen molar-refractivity contribution in [2.75, 3.05) is 5.32 Å². The lowest BCUT2D eigenvalue weighted by Crippen LogP contribution is -2.16. The Hall–Kier alpha value is -1.51. The van der Waals surface area contributed by atoms with Crippen LogP contribution in [0, 0.1) is 9.39 Å². The van der Waals surface area contributed by atoms with Gasteiger partial charge in [-0.25, -0.2) is 9.37 Å². The molecule has 0 saturated carbocycles. The Morgan fingerprint density at radius 3 is 2.65 bits per heavy atom. The normalized spacial score (nSPS) is 11.4. The highest BCUT2D eigenvalue weighted by Gasteiger charge is 2.21. The van der Waals surface area contributed by atoms with E-state index in [4.69, 9.17) is 0 Å². The first-order chi connectivity index (χ1) is 9.27. The lowest BCUT2D eigenvalue weighted by Gasteiger charge is -2.12. The van der Waals surface area contributed by atoms with Crippen molar-refractivity contribution in [3.8, 4) is 0 Å². The summed E-state index contributed by atoms with van der Waals surface area (Å²) in [6, 6.07) is 4.14. The van der Waals surface area contributed by atoms with Crippen LogP contribution in [0.4, 0.5) is 10.1 Å². The van der Waals surface area contributed by atoms with Crippen LogP contribution in [0.3, 0.4) is 0 Å². The van der Waals surface area contributed by atoms with E-state index in [1.165, 1.54) is 18.2 Å². The predicted octanol–water partition coefficient (Wildman–Crippen LogP) is 3.10. The number of nitrogens with one attached hydrogen (secondary N) is 2. The third kappa shape index (κ3) is 3.33. The molecule has 1 aromatic carbocycles. The van der Waals surface area contributed by atoms with Gasteiger partial charge in [-0.15, -0.1) is 5.10 Å². The standard InChI is InChI=1S/C13H14FIN4O/c1-13(2,3)12-17-10(18-19-12)11(20)16-9-5-4-7(14)6-8(9)15/h4-6H,1-3H3,(H,16,20)(H,17,18,19). The lowest BCUT2D eigenvalue weighted by atomic mass is 9.96. The number of aromatic amines is 1. The molecule has 5 nitrogen and oxygen atoms in total. The average Bonchev–Trinajstić information content (AvgIpc) is 2.82. The summed E-state index contributed by atoms with van der Waals surface area (Å²) in [5.41, 5.74) is 0.314. The van der Waals surface area contributed by atoms with Crippen LogP contribution >= 0.6 is 22.6 Å². The van der Waals surface area contributed by atoms with Crippen LogP contribution in [0.15, 0.2) is 18.2 Å². The number of aromatic nitrogens is 3. The Balaban J connectivity index is 2.18. The van der Waals surface area contributed by atoms with Gasteiger partial charge in [0.25, 0.3) is 5.91 Å². The number of anilines is 1. The molecule has 1 amide bonds. The van der Waals surface area contributed by atoms with Crippen molar-refractivity contribution < 1.29 is 9.18 Å².